The number of benzene rings is 1. The number of aromatic nitrogens is 1. The quantitative estimate of drug-likeness (QED) is 0.511. The summed E-state index contributed by atoms with van der Waals surface area (Å²) in [5, 5.41) is 43.9. The Morgan fingerprint density at radius 1 is 1.19 bits per heavy atom. The molecule has 2 aromatic rings. The molecule has 8 nitrogen and oxygen atoms in total. The van der Waals surface area contributed by atoms with Gasteiger partial charge in [-0.15, -0.1) is 11.3 Å². The Hall–Kier alpha value is -1.88. The SMILES string of the molecule is Cc1cccc(C)c1NC(=O)c1csc([C@@H]2O[C@H](CO)[C@H](O)[C@H](O)[C@H]2O)n1. The molecule has 0 bridgehead atoms. The highest BCUT2D eigenvalue weighted by atomic mass is 32.1. The molecule has 1 aliphatic rings. The molecule has 27 heavy (non-hydrogen) atoms. The van der Waals surface area contributed by atoms with Crippen LogP contribution in [0.2, 0.25) is 0 Å². The van der Waals surface area contributed by atoms with Crippen molar-refractivity contribution < 1.29 is 30.0 Å². The molecule has 1 saturated heterocycles. The highest BCUT2D eigenvalue weighted by Gasteiger charge is 2.45. The van der Waals surface area contributed by atoms with E-state index in [2.05, 4.69) is 10.3 Å². The predicted molar refractivity (Wildman–Crippen MR) is 98.7 cm³/mol. The topological polar surface area (TPSA) is 132 Å². The Balaban J connectivity index is 1.79. The molecule has 9 heteroatoms. The van der Waals surface area contributed by atoms with Crippen molar-refractivity contribution >= 4 is 22.9 Å². The summed E-state index contributed by atoms with van der Waals surface area (Å²) in [6, 6.07) is 5.69. The first kappa shape index (κ1) is 19.9. The summed E-state index contributed by atoms with van der Waals surface area (Å²) in [5.74, 6) is -0.403. The largest absolute Gasteiger partial charge is 0.394 e. The predicted octanol–water partition coefficient (Wildman–Crippen LogP) is 0.527. The molecular weight excluding hydrogens is 372 g/mol. The van der Waals surface area contributed by atoms with E-state index >= 15 is 0 Å². The number of ether oxygens (including phenoxy) is 1. The van der Waals surface area contributed by atoms with Crippen LogP contribution < -0.4 is 5.32 Å². The molecule has 1 amide bonds. The first-order valence-electron chi connectivity index (χ1n) is 8.47. The number of anilines is 1. The summed E-state index contributed by atoms with van der Waals surface area (Å²) in [6.45, 7) is 3.26. The van der Waals surface area contributed by atoms with E-state index in [1.807, 2.05) is 32.0 Å². The zero-order valence-electron chi connectivity index (χ0n) is 14.9. The van der Waals surface area contributed by atoms with Gasteiger partial charge in [0.05, 0.1) is 6.61 Å². The molecule has 3 rings (SSSR count). The molecule has 1 aromatic carbocycles. The lowest BCUT2D eigenvalue weighted by molar-refractivity contribution is -0.231. The first-order valence-corrected chi connectivity index (χ1v) is 9.35. The fraction of sp³-hybridized carbons (Fsp3) is 0.444. The standard InChI is InChI=1S/C18H22N2O6S/c1-8-4-3-5-9(2)12(8)20-17(25)10-7-27-18(19-10)16-15(24)14(23)13(22)11(6-21)26-16/h3-5,7,11,13-16,21-24H,6H2,1-2H3,(H,20,25)/t11-,13+,14+,15-,16-/m1/s1. The molecule has 0 unspecified atom stereocenters. The van der Waals surface area contributed by atoms with E-state index in [1.165, 1.54) is 5.38 Å². The summed E-state index contributed by atoms with van der Waals surface area (Å²) in [6.07, 6.45) is -6.43. The third-order valence-electron chi connectivity index (χ3n) is 4.61. The number of aliphatic hydroxyl groups is 4. The Kier molecular flexibility index (Phi) is 5.89. The van der Waals surface area contributed by atoms with Crippen molar-refractivity contribution in [3.63, 3.8) is 0 Å². The summed E-state index contributed by atoms with van der Waals surface area (Å²) < 4.78 is 5.47. The number of amides is 1. The van der Waals surface area contributed by atoms with Crippen LogP contribution in [0.25, 0.3) is 0 Å². The smallest absolute Gasteiger partial charge is 0.275 e. The number of thiazole rings is 1. The Morgan fingerprint density at radius 2 is 1.85 bits per heavy atom. The second-order valence-electron chi connectivity index (χ2n) is 6.54. The van der Waals surface area contributed by atoms with Crippen molar-refractivity contribution in [3.05, 3.63) is 45.4 Å². The number of nitrogens with one attached hydrogen (secondary N) is 1. The highest BCUT2D eigenvalue weighted by Crippen LogP contribution is 2.34. The van der Waals surface area contributed by atoms with E-state index in [9.17, 15) is 25.2 Å². The molecular formula is C18H22N2O6S. The minimum atomic E-state index is -1.49. The molecule has 5 atom stereocenters. The van der Waals surface area contributed by atoms with Gasteiger partial charge in [-0.05, 0) is 25.0 Å². The van der Waals surface area contributed by atoms with Gasteiger partial charge in [-0.1, -0.05) is 18.2 Å². The molecule has 0 spiro atoms. The fourth-order valence-corrected chi connectivity index (χ4v) is 3.89. The number of aryl methyl sites for hydroxylation is 2. The van der Waals surface area contributed by atoms with Crippen LogP contribution in [0.1, 0.15) is 32.7 Å². The molecule has 146 valence electrons. The third kappa shape index (κ3) is 3.88. The van der Waals surface area contributed by atoms with Crippen LogP contribution in [-0.2, 0) is 4.74 Å². The van der Waals surface area contributed by atoms with Crippen molar-refractivity contribution in [1.29, 1.82) is 0 Å². The monoisotopic (exact) mass is 394 g/mol. The number of para-hydroxylation sites is 1. The summed E-state index contributed by atoms with van der Waals surface area (Å²) >= 11 is 1.09. The Morgan fingerprint density at radius 3 is 2.48 bits per heavy atom. The molecule has 0 aliphatic carbocycles. The van der Waals surface area contributed by atoms with E-state index in [0.29, 0.717) is 5.69 Å². The minimum Gasteiger partial charge on any atom is -0.394 e. The van der Waals surface area contributed by atoms with Gasteiger partial charge in [-0.2, -0.15) is 0 Å². The average molecular weight is 394 g/mol. The Labute approximate surface area is 160 Å². The first-order chi connectivity index (χ1) is 12.8. The highest BCUT2D eigenvalue weighted by molar-refractivity contribution is 7.09. The molecule has 0 saturated carbocycles. The van der Waals surface area contributed by atoms with Crippen LogP contribution in [0.5, 0.6) is 0 Å². The van der Waals surface area contributed by atoms with Crippen LogP contribution in [-0.4, -0.2) is 62.3 Å². The van der Waals surface area contributed by atoms with Crippen LogP contribution in [0.3, 0.4) is 0 Å². The van der Waals surface area contributed by atoms with Crippen molar-refractivity contribution in [2.24, 2.45) is 0 Å². The second kappa shape index (κ2) is 8.01. The normalized spacial score (nSPS) is 28.1. The van der Waals surface area contributed by atoms with Crippen molar-refractivity contribution in [1.82, 2.24) is 4.98 Å². The molecule has 2 heterocycles. The fourth-order valence-electron chi connectivity index (χ4n) is 3.02. The maximum absolute atomic E-state index is 12.5. The number of hydrogen-bond acceptors (Lipinski definition) is 8. The van der Waals surface area contributed by atoms with E-state index in [1.54, 1.807) is 0 Å². The number of nitrogens with zero attached hydrogens (tertiary/aromatic N) is 1. The lowest BCUT2D eigenvalue weighted by Gasteiger charge is -2.39. The zero-order valence-corrected chi connectivity index (χ0v) is 15.7. The maximum Gasteiger partial charge on any atom is 0.275 e. The van der Waals surface area contributed by atoms with Gasteiger partial charge in [-0.3, -0.25) is 4.79 Å². The van der Waals surface area contributed by atoms with E-state index in [-0.39, 0.29) is 10.7 Å². The van der Waals surface area contributed by atoms with Crippen LogP contribution >= 0.6 is 11.3 Å². The van der Waals surface area contributed by atoms with Gasteiger partial charge in [0.2, 0.25) is 0 Å². The molecule has 1 aromatic heterocycles. The van der Waals surface area contributed by atoms with Gasteiger partial charge < -0.3 is 30.5 Å². The average Bonchev–Trinajstić information content (AvgIpc) is 3.13. The van der Waals surface area contributed by atoms with Crippen molar-refractivity contribution in [2.45, 2.75) is 44.4 Å². The Bertz CT molecular complexity index is 804. The number of hydrogen-bond donors (Lipinski definition) is 5. The second-order valence-corrected chi connectivity index (χ2v) is 7.43. The van der Waals surface area contributed by atoms with E-state index < -0.39 is 43.0 Å². The molecule has 1 aliphatic heterocycles. The number of rotatable bonds is 4. The van der Waals surface area contributed by atoms with Crippen molar-refractivity contribution in [2.75, 3.05) is 11.9 Å². The number of aliphatic hydroxyl groups excluding tert-OH is 4. The number of carbonyl (C=O) groups is 1. The maximum atomic E-state index is 12.5. The zero-order chi connectivity index (χ0) is 19.7. The van der Waals surface area contributed by atoms with Gasteiger partial charge in [0.15, 0.2) is 0 Å². The molecule has 1 fully saturated rings. The van der Waals surface area contributed by atoms with Crippen molar-refractivity contribution in [3.8, 4) is 0 Å². The van der Waals surface area contributed by atoms with Gasteiger partial charge in [0, 0.05) is 11.1 Å². The lowest BCUT2D eigenvalue weighted by Crippen LogP contribution is -2.55. The van der Waals surface area contributed by atoms with Gasteiger partial charge in [0.25, 0.3) is 5.91 Å². The van der Waals surface area contributed by atoms with Gasteiger partial charge >= 0.3 is 0 Å². The molecule has 5 N–H and O–H groups in total. The third-order valence-corrected chi connectivity index (χ3v) is 5.52. The summed E-state index contributed by atoms with van der Waals surface area (Å²) in [5.41, 5.74) is 2.71. The minimum absolute atomic E-state index is 0.148. The summed E-state index contributed by atoms with van der Waals surface area (Å²) in [4.78, 5) is 16.7. The van der Waals surface area contributed by atoms with Gasteiger partial charge in [-0.25, -0.2) is 4.98 Å². The molecule has 0 radical (unpaired) electrons. The van der Waals surface area contributed by atoms with Gasteiger partial charge in [0.1, 0.15) is 41.2 Å². The van der Waals surface area contributed by atoms with Crippen LogP contribution in [0.4, 0.5) is 5.69 Å². The lowest BCUT2D eigenvalue weighted by atomic mass is 9.95. The van der Waals surface area contributed by atoms with Crippen LogP contribution in [0, 0.1) is 13.8 Å². The van der Waals surface area contributed by atoms with Crippen LogP contribution in [0.15, 0.2) is 23.6 Å². The van der Waals surface area contributed by atoms with E-state index in [0.717, 1.165) is 22.5 Å². The summed E-state index contributed by atoms with van der Waals surface area (Å²) in [7, 11) is 0. The van der Waals surface area contributed by atoms with E-state index in [4.69, 9.17) is 4.74 Å². The number of carbonyl (C=O) groups excluding carboxylic acids is 1.